The molecule has 1 aliphatic heterocycles. The minimum atomic E-state index is 0.238. The zero-order chi connectivity index (χ0) is 13.9. The number of nitrogens with two attached hydrogens (primary N) is 1. The van der Waals surface area contributed by atoms with Crippen LogP contribution in [0, 0.1) is 6.92 Å². The van der Waals surface area contributed by atoms with Gasteiger partial charge in [-0.3, -0.25) is 0 Å². The van der Waals surface area contributed by atoms with Gasteiger partial charge < -0.3 is 15.4 Å². The molecule has 0 aromatic carbocycles. The minimum Gasteiger partial charge on any atom is -0.481 e. The van der Waals surface area contributed by atoms with Crippen LogP contribution in [0.3, 0.4) is 0 Å². The Balaban J connectivity index is 2.14. The van der Waals surface area contributed by atoms with Gasteiger partial charge in [-0.15, -0.1) is 0 Å². The van der Waals surface area contributed by atoms with Gasteiger partial charge in [0.25, 0.3) is 0 Å². The van der Waals surface area contributed by atoms with Crippen molar-refractivity contribution in [3.05, 3.63) is 11.9 Å². The Morgan fingerprint density at radius 1 is 1.42 bits per heavy atom. The van der Waals surface area contributed by atoms with Crippen LogP contribution in [-0.4, -0.2) is 47.7 Å². The first-order valence-electron chi connectivity index (χ1n) is 6.51. The van der Waals surface area contributed by atoms with Gasteiger partial charge in [-0.05, 0) is 26.0 Å². The molecule has 2 heterocycles. The lowest BCUT2D eigenvalue weighted by Crippen LogP contribution is -2.47. The molecule has 5 nitrogen and oxygen atoms in total. The van der Waals surface area contributed by atoms with E-state index < -0.39 is 0 Å². The minimum absolute atomic E-state index is 0.238. The van der Waals surface area contributed by atoms with Crippen molar-refractivity contribution in [3.8, 4) is 5.88 Å². The van der Waals surface area contributed by atoms with Gasteiger partial charge in [0, 0.05) is 24.4 Å². The van der Waals surface area contributed by atoms with E-state index in [0.29, 0.717) is 5.88 Å². The second-order valence-corrected chi connectivity index (χ2v) is 6.18. The summed E-state index contributed by atoms with van der Waals surface area (Å²) in [5, 5.41) is 0. The molecule has 19 heavy (non-hydrogen) atoms. The number of nitrogens with zero attached hydrogens (tertiary/aromatic N) is 3. The molecule has 0 radical (unpaired) electrons. The highest BCUT2D eigenvalue weighted by Gasteiger charge is 2.33. The maximum atomic E-state index is 5.92. The topological polar surface area (TPSA) is 64.3 Å². The Morgan fingerprint density at radius 3 is 2.63 bits per heavy atom. The first kappa shape index (κ1) is 14.4. The predicted octanol–water partition coefficient (Wildman–Crippen LogP) is 1.45. The predicted molar refractivity (Wildman–Crippen MR) is 80.1 cm³/mol. The Hall–Kier alpha value is -1.01. The van der Waals surface area contributed by atoms with Crippen molar-refractivity contribution in [3.63, 3.8) is 0 Å². The third-order valence-corrected chi connectivity index (χ3v) is 5.42. The first-order chi connectivity index (χ1) is 9.15. The number of rotatable bonds is 4. The number of hydrogen-bond acceptors (Lipinski definition) is 6. The molecule has 0 amide bonds. The quantitative estimate of drug-likeness (QED) is 0.902. The summed E-state index contributed by atoms with van der Waals surface area (Å²) in [7, 11) is 1.64. The Labute approximate surface area is 118 Å². The molecule has 1 aromatic heterocycles. The molecule has 1 saturated heterocycles. The summed E-state index contributed by atoms with van der Waals surface area (Å²) in [5.41, 5.74) is 6.93. The van der Waals surface area contributed by atoms with Crippen LogP contribution in [-0.2, 0) is 0 Å². The molecule has 1 aromatic rings. The van der Waals surface area contributed by atoms with Gasteiger partial charge in [0.15, 0.2) is 0 Å². The standard InChI is InChI=1S/C13H22N4OS/c1-10-11(15-9-16-12(10)18-2)17-6-4-13(8-14,19-3)5-7-17/h9H,4-8,14H2,1-3H3. The smallest absolute Gasteiger partial charge is 0.221 e. The summed E-state index contributed by atoms with van der Waals surface area (Å²) in [6.07, 6.45) is 5.91. The summed E-state index contributed by atoms with van der Waals surface area (Å²) in [4.78, 5) is 10.8. The van der Waals surface area contributed by atoms with E-state index in [1.807, 2.05) is 18.7 Å². The first-order valence-corrected chi connectivity index (χ1v) is 7.74. The van der Waals surface area contributed by atoms with E-state index in [2.05, 4.69) is 21.1 Å². The summed E-state index contributed by atoms with van der Waals surface area (Å²) in [6.45, 7) is 4.72. The van der Waals surface area contributed by atoms with Crippen molar-refractivity contribution in [1.29, 1.82) is 0 Å². The van der Waals surface area contributed by atoms with E-state index in [4.69, 9.17) is 10.5 Å². The van der Waals surface area contributed by atoms with Crippen molar-refractivity contribution in [1.82, 2.24) is 9.97 Å². The van der Waals surface area contributed by atoms with Gasteiger partial charge in [0.1, 0.15) is 12.1 Å². The molecule has 2 N–H and O–H groups in total. The lowest BCUT2D eigenvalue weighted by atomic mass is 9.95. The number of thioether (sulfide) groups is 1. The van der Waals surface area contributed by atoms with Crippen LogP contribution >= 0.6 is 11.8 Å². The summed E-state index contributed by atoms with van der Waals surface area (Å²) in [5.74, 6) is 1.64. The average Bonchev–Trinajstić information content (AvgIpc) is 2.48. The van der Waals surface area contributed by atoms with E-state index in [0.717, 1.165) is 43.9 Å². The number of anilines is 1. The zero-order valence-electron chi connectivity index (χ0n) is 11.8. The van der Waals surface area contributed by atoms with Crippen LogP contribution in [0.1, 0.15) is 18.4 Å². The molecule has 2 rings (SSSR count). The maximum Gasteiger partial charge on any atom is 0.221 e. The van der Waals surface area contributed by atoms with Gasteiger partial charge in [0.2, 0.25) is 5.88 Å². The average molecular weight is 282 g/mol. The number of methoxy groups -OCH3 is 1. The molecule has 0 bridgehead atoms. The summed E-state index contributed by atoms with van der Waals surface area (Å²) < 4.78 is 5.50. The molecule has 0 aliphatic carbocycles. The van der Waals surface area contributed by atoms with E-state index in [1.165, 1.54) is 0 Å². The number of ether oxygens (including phenoxy) is 1. The number of aromatic nitrogens is 2. The molecular weight excluding hydrogens is 260 g/mol. The fraction of sp³-hybridized carbons (Fsp3) is 0.692. The fourth-order valence-electron chi connectivity index (χ4n) is 2.57. The molecule has 0 unspecified atom stereocenters. The Kier molecular flexibility index (Phi) is 4.52. The van der Waals surface area contributed by atoms with Crippen LogP contribution < -0.4 is 15.4 Å². The molecule has 1 aliphatic rings. The largest absolute Gasteiger partial charge is 0.481 e. The van der Waals surface area contributed by atoms with Gasteiger partial charge in [0.05, 0.1) is 12.7 Å². The van der Waals surface area contributed by atoms with Gasteiger partial charge in [-0.1, -0.05) is 0 Å². The molecule has 1 fully saturated rings. The Morgan fingerprint density at radius 2 is 2.11 bits per heavy atom. The lowest BCUT2D eigenvalue weighted by molar-refractivity contribution is 0.392. The summed E-state index contributed by atoms with van der Waals surface area (Å²) >= 11 is 1.89. The van der Waals surface area contributed by atoms with Crippen LogP contribution in [0.4, 0.5) is 5.82 Å². The molecule has 106 valence electrons. The van der Waals surface area contributed by atoms with Gasteiger partial charge >= 0.3 is 0 Å². The normalized spacial score (nSPS) is 18.4. The molecule has 0 spiro atoms. The van der Waals surface area contributed by atoms with Gasteiger partial charge in [-0.2, -0.15) is 11.8 Å². The highest BCUT2D eigenvalue weighted by Crippen LogP contribution is 2.35. The van der Waals surface area contributed by atoms with Crippen molar-refractivity contribution in [2.75, 3.05) is 37.9 Å². The van der Waals surface area contributed by atoms with Crippen molar-refractivity contribution < 1.29 is 4.74 Å². The second-order valence-electron chi connectivity index (χ2n) is 4.91. The number of piperidine rings is 1. The Bertz CT molecular complexity index is 427. The molecule has 6 heteroatoms. The van der Waals surface area contributed by atoms with Crippen LogP contribution in [0.2, 0.25) is 0 Å². The van der Waals surface area contributed by atoms with E-state index in [1.54, 1.807) is 13.4 Å². The monoisotopic (exact) mass is 282 g/mol. The highest BCUT2D eigenvalue weighted by atomic mass is 32.2. The molecular formula is C13H22N4OS. The van der Waals surface area contributed by atoms with Crippen LogP contribution in [0.5, 0.6) is 5.88 Å². The van der Waals surface area contributed by atoms with Crippen molar-refractivity contribution in [2.45, 2.75) is 24.5 Å². The highest BCUT2D eigenvalue weighted by molar-refractivity contribution is 8.00. The maximum absolute atomic E-state index is 5.92. The second kappa shape index (κ2) is 5.96. The molecule has 0 atom stereocenters. The van der Waals surface area contributed by atoms with Crippen LogP contribution in [0.25, 0.3) is 0 Å². The number of hydrogen-bond donors (Lipinski definition) is 1. The third-order valence-electron chi connectivity index (χ3n) is 3.98. The van der Waals surface area contributed by atoms with Crippen LogP contribution in [0.15, 0.2) is 6.33 Å². The van der Waals surface area contributed by atoms with E-state index >= 15 is 0 Å². The fourth-order valence-corrected chi connectivity index (χ4v) is 3.33. The zero-order valence-corrected chi connectivity index (χ0v) is 12.7. The SMILES string of the molecule is COc1ncnc(N2CCC(CN)(SC)CC2)c1C. The van der Waals surface area contributed by atoms with Gasteiger partial charge in [-0.25, -0.2) is 9.97 Å². The molecule has 0 saturated carbocycles. The van der Waals surface area contributed by atoms with E-state index in [-0.39, 0.29) is 4.75 Å². The summed E-state index contributed by atoms with van der Waals surface area (Å²) in [6, 6.07) is 0. The van der Waals surface area contributed by atoms with E-state index in [9.17, 15) is 0 Å². The third kappa shape index (κ3) is 2.79. The van der Waals surface area contributed by atoms with Crippen molar-refractivity contribution in [2.24, 2.45) is 5.73 Å². The lowest BCUT2D eigenvalue weighted by Gasteiger charge is -2.40. The van der Waals surface area contributed by atoms with Crippen molar-refractivity contribution >= 4 is 17.6 Å².